The summed E-state index contributed by atoms with van der Waals surface area (Å²) >= 11 is 0. The van der Waals surface area contributed by atoms with Gasteiger partial charge in [0.15, 0.2) is 0 Å². The summed E-state index contributed by atoms with van der Waals surface area (Å²) in [7, 11) is 1.76. The third-order valence-corrected chi connectivity index (χ3v) is 5.36. The first-order valence-electron chi connectivity index (χ1n) is 9.51. The van der Waals surface area contributed by atoms with Gasteiger partial charge in [0.1, 0.15) is 5.75 Å². The molecular formula is C20H33N3O. The lowest BCUT2D eigenvalue weighted by molar-refractivity contribution is 0.0862. The minimum absolute atomic E-state index is 0.748. The van der Waals surface area contributed by atoms with E-state index in [1.54, 1.807) is 7.11 Å². The molecule has 24 heavy (non-hydrogen) atoms. The van der Waals surface area contributed by atoms with Crippen LogP contribution in [0.1, 0.15) is 26.7 Å². The van der Waals surface area contributed by atoms with E-state index in [0.717, 1.165) is 43.9 Å². The normalized spacial score (nSPS) is 23.7. The fourth-order valence-corrected chi connectivity index (χ4v) is 4.23. The number of hydrogen-bond acceptors (Lipinski definition) is 4. The largest absolute Gasteiger partial charge is 0.495 e. The number of nitrogens with zero attached hydrogens (tertiary/aromatic N) is 3. The second-order valence-electron chi connectivity index (χ2n) is 7.64. The Kier molecular flexibility index (Phi) is 6.01. The molecule has 2 aliphatic rings. The topological polar surface area (TPSA) is 19.0 Å². The lowest BCUT2D eigenvalue weighted by atomic mass is 10.0. The highest BCUT2D eigenvalue weighted by molar-refractivity contribution is 5.58. The number of piperazine rings is 1. The van der Waals surface area contributed by atoms with E-state index < -0.39 is 0 Å². The lowest BCUT2D eigenvalue weighted by Gasteiger charge is -2.44. The van der Waals surface area contributed by atoms with Gasteiger partial charge in [-0.1, -0.05) is 26.0 Å². The molecular weight excluding hydrogens is 298 g/mol. The molecule has 0 aromatic heterocycles. The summed E-state index contributed by atoms with van der Waals surface area (Å²) < 4.78 is 5.53. The zero-order chi connectivity index (χ0) is 16.9. The van der Waals surface area contributed by atoms with Crippen LogP contribution in [0, 0.1) is 5.92 Å². The lowest BCUT2D eigenvalue weighted by Crippen LogP contribution is -2.55. The van der Waals surface area contributed by atoms with Crippen LogP contribution < -0.4 is 9.64 Å². The first-order chi connectivity index (χ1) is 11.7. The molecule has 4 heteroatoms. The summed E-state index contributed by atoms with van der Waals surface area (Å²) in [5.74, 6) is 1.76. The molecule has 4 nitrogen and oxygen atoms in total. The van der Waals surface area contributed by atoms with E-state index in [-0.39, 0.29) is 0 Å². The Balaban J connectivity index is 1.55. The molecule has 1 atom stereocenters. The molecule has 2 aliphatic heterocycles. The van der Waals surface area contributed by atoms with E-state index in [2.05, 4.69) is 46.7 Å². The fraction of sp³-hybridized carbons (Fsp3) is 0.700. The molecule has 0 N–H and O–H groups in total. The van der Waals surface area contributed by atoms with Gasteiger partial charge in [0.05, 0.1) is 12.8 Å². The van der Waals surface area contributed by atoms with E-state index in [1.807, 2.05) is 6.07 Å². The van der Waals surface area contributed by atoms with Crippen LogP contribution in [-0.4, -0.2) is 68.8 Å². The third kappa shape index (κ3) is 4.22. The smallest absolute Gasteiger partial charge is 0.142 e. The monoisotopic (exact) mass is 331 g/mol. The van der Waals surface area contributed by atoms with Crippen molar-refractivity contribution in [2.45, 2.75) is 32.7 Å². The summed E-state index contributed by atoms with van der Waals surface area (Å²) in [4.78, 5) is 7.87. The van der Waals surface area contributed by atoms with Crippen molar-refractivity contribution in [1.82, 2.24) is 9.80 Å². The summed E-state index contributed by atoms with van der Waals surface area (Å²) in [5, 5.41) is 0. The van der Waals surface area contributed by atoms with Crippen molar-refractivity contribution >= 4 is 5.69 Å². The molecule has 2 heterocycles. The van der Waals surface area contributed by atoms with Gasteiger partial charge in [-0.25, -0.2) is 0 Å². The molecule has 1 aromatic rings. The Labute approximate surface area is 147 Å². The maximum atomic E-state index is 5.53. The number of piperidine rings is 1. The molecule has 134 valence electrons. The second-order valence-corrected chi connectivity index (χ2v) is 7.64. The van der Waals surface area contributed by atoms with Crippen molar-refractivity contribution in [2.24, 2.45) is 5.92 Å². The first kappa shape index (κ1) is 17.6. The van der Waals surface area contributed by atoms with Crippen molar-refractivity contribution in [1.29, 1.82) is 0 Å². The van der Waals surface area contributed by atoms with E-state index in [9.17, 15) is 0 Å². The van der Waals surface area contributed by atoms with Crippen LogP contribution >= 0.6 is 0 Å². The number of anilines is 1. The molecule has 3 rings (SSSR count). The number of hydrogen-bond donors (Lipinski definition) is 0. The van der Waals surface area contributed by atoms with E-state index >= 15 is 0 Å². The zero-order valence-corrected chi connectivity index (χ0v) is 15.6. The van der Waals surface area contributed by atoms with Crippen LogP contribution in [0.15, 0.2) is 24.3 Å². The maximum Gasteiger partial charge on any atom is 0.142 e. The number of benzene rings is 1. The number of methoxy groups -OCH3 is 1. The SMILES string of the molecule is COc1ccccc1N1CCN([C@H]2CCCN(CC(C)C)C2)CC1. The number of likely N-dealkylation sites (tertiary alicyclic amines) is 1. The number of rotatable bonds is 5. The Hall–Kier alpha value is -1.26. The summed E-state index contributed by atoms with van der Waals surface area (Å²) in [6.07, 6.45) is 2.72. The highest BCUT2D eigenvalue weighted by atomic mass is 16.5. The van der Waals surface area contributed by atoms with E-state index in [0.29, 0.717) is 0 Å². The van der Waals surface area contributed by atoms with Crippen LogP contribution in [0.2, 0.25) is 0 Å². The van der Waals surface area contributed by atoms with Gasteiger partial charge in [-0.05, 0) is 37.4 Å². The minimum atomic E-state index is 0.748. The van der Waals surface area contributed by atoms with Crippen molar-refractivity contribution in [3.63, 3.8) is 0 Å². The Morgan fingerprint density at radius 3 is 2.54 bits per heavy atom. The van der Waals surface area contributed by atoms with Crippen molar-refractivity contribution in [3.05, 3.63) is 24.3 Å². The van der Waals surface area contributed by atoms with E-state index in [4.69, 9.17) is 4.74 Å². The highest BCUT2D eigenvalue weighted by Gasteiger charge is 2.28. The zero-order valence-electron chi connectivity index (χ0n) is 15.6. The molecule has 0 aliphatic carbocycles. The van der Waals surface area contributed by atoms with Gasteiger partial charge in [0.2, 0.25) is 0 Å². The summed E-state index contributed by atoms with van der Waals surface area (Å²) in [5.41, 5.74) is 1.24. The van der Waals surface area contributed by atoms with Crippen molar-refractivity contribution in [3.8, 4) is 5.75 Å². The molecule has 2 saturated heterocycles. The Bertz CT molecular complexity index is 511. The third-order valence-electron chi connectivity index (χ3n) is 5.36. The van der Waals surface area contributed by atoms with Crippen LogP contribution in [0.4, 0.5) is 5.69 Å². The summed E-state index contributed by atoms with van der Waals surface area (Å²) in [6, 6.07) is 9.14. The highest BCUT2D eigenvalue weighted by Crippen LogP contribution is 2.29. The van der Waals surface area contributed by atoms with Crippen molar-refractivity contribution < 1.29 is 4.74 Å². The molecule has 0 spiro atoms. The Morgan fingerprint density at radius 1 is 1.08 bits per heavy atom. The quantitative estimate of drug-likeness (QED) is 0.826. The molecule has 0 bridgehead atoms. The molecule has 2 fully saturated rings. The average Bonchev–Trinajstić information content (AvgIpc) is 2.61. The van der Waals surface area contributed by atoms with Gasteiger partial charge >= 0.3 is 0 Å². The fourth-order valence-electron chi connectivity index (χ4n) is 4.23. The van der Waals surface area contributed by atoms with Crippen molar-refractivity contribution in [2.75, 3.05) is 57.8 Å². The summed E-state index contributed by atoms with van der Waals surface area (Å²) in [6.45, 7) is 13.0. The van der Waals surface area contributed by atoms with Crippen LogP contribution in [0.3, 0.4) is 0 Å². The van der Waals surface area contributed by atoms with Gasteiger partial charge in [0, 0.05) is 45.3 Å². The Morgan fingerprint density at radius 2 is 1.83 bits per heavy atom. The molecule has 0 amide bonds. The van der Waals surface area contributed by atoms with E-state index in [1.165, 1.54) is 38.2 Å². The van der Waals surface area contributed by atoms with Crippen LogP contribution in [0.5, 0.6) is 5.75 Å². The number of para-hydroxylation sites is 2. The molecule has 0 saturated carbocycles. The predicted molar refractivity (Wildman–Crippen MR) is 101 cm³/mol. The first-order valence-corrected chi connectivity index (χ1v) is 9.51. The predicted octanol–water partition coefficient (Wildman–Crippen LogP) is 2.94. The van der Waals surface area contributed by atoms with Gasteiger partial charge in [-0.15, -0.1) is 0 Å². The van der Waals surface area contributed by atoms with Gasteiger partial charge in [-0.2, -0.15) is 0 Å². The standard InChI is InChI=1S/C20H33N3O/c1-17(2)15-21-10-6-7-18(16-21)22-11-13-23(14-12-22)19-8-4-5-9-20(19)24-3/h4-5,8-9,17-18H,6-7,10-16H2,1-3H3/t18-/m0/s1. The minimum Gasteiger partial charge on any atom is -0.495 e. The second kappa shape index (κ2) is 8.21. The van der Waals surface area contributed by atoms with Gasteiger partial charge in [-0.3, -0.25) is 4.90 Å². The average molecular weight is 332 g/mol. The van der Waals surface area contributed by atoms with Gasteiger partial charge in [0.25, 0.3) is 0 Å². The maximum absolute atomic E-state index is 5.53. The van der Waals surface area contributed by atoms with Gasteiger partial charge < -0.3 is 14.5 Å². The van der Waals surface area contributed by atoms with Crippen LogP contribution in [-0.2, 0) is 0 Å². The van der Waals surface area contributed by atoms with Crippen LogP contribution in [0.25, 0.3) is 0 Å². The molecule has 0 unspecified atom stereocenters. The molecule has 1 aromatic carbocycles. The molecule has 0 radical (unpaired) electrons. The number of ether oxygens (including phenoxy) is 1.